The van der Waals surface area contributed by atoms with E-state index in [1.807, 2.05) is 18.2 Å². The summed E-state index contributed by atoms with van der Waals surface area (Å²) < 4.78 is 37.0. The van der Waals surface area contributed by atoms with Crippen molar-refractivity contribution >= 4 is 38.8 Å². The SMILES string of the molecule is CCN(CC)S(=O)(=O)c1ccc(/C=C/C(=O)OCC(=O)c2oc3ccccc3c2C)cc1. The highest BCUT2D eigenvalue weighted by Crippen LogP contribution is 2.25. The van der Waals surface area contributed by atoms with Crippen LogP contribution in [0.1, 0.15) is 35.5 Å². The molecular formula is C24H25NO6S. The van der Waals surface area contributed by atoms with Gasteiger partial charge < -0.3 is 9.15 Å². The fourth-order valence-electron chi connectivity index (χ4n) is 3.32. The molecule has 0 atom stereocenters. The second kappa shape index (κ2) is 9.93. The summed E-state index contributed by atoms with van der Waals surface area (Å²) in [5.74, 6) is -0.939. The molecule has 0 unspecified atom stereocenters. The van der Waals surface area contributed by atoms with E-state index in [9.17, 15) is 18.0 Å². The second-order valence-electron chi connectivity index (χ2n) is 7.07. The van der Waals surface area contributed by atoms with Crippen LogP contribution in [0.15, 0.2) is 63.9 Å². The molecular weight excluding hydrogens is 430 g/mol. The van der Waals surface area contributed by atoms with Gasteiger partial charge in [-0.05, 0) is 36.8 Å². The van der Waals surface area contributed by atoms with Gasteiger partial charge in [0.05, 0.1) is 4.90 Å². The predicted octanol–water partition coefficient (Wildman–Crippen LogP) is 4.21. The molecule has 0 aliphatic rings. The van der Waals surface area contributed by atoms with E-state index in [4.69, 9.17) is 9.15 Å². The lowest BCUT2D eigenvalue weighted by Gasteiger charge is -2.18. The number of nitrogens with zero attached hydrogens (tertiary/aromatic N) is 1. The third-order valence-corrected chi connectivity index (χ3v) is 7.14. The van der Waals surface area contributed by atoms with Gasteiger partial charge in [-0.15, -0.1) is 0 Å². The van der Waals surface area contributed by atoms with Gasteiger partial charge in [0.15, 0.2) is 12.4 Å². The van der Waals surface area contributed by atoms with E-state index in [2.05, 4.69) is 0 Å². The number of Topliss-reactive ketones (excluding diaryl/α,β-unsaturated/α-hetero) is 1. The number of fused-ring (bicyclic) bond motifs is 1. The van der Waals surface area contributed by atoms with Gasteiger partial charge in [-0.2, -0.15) is 4.31 Å². The number of carbonyl (C=O) groups excluding carboxylic acids is 2. The first kappa shape index (κ1) is 23.4. The first-order valence-electron chi connectivity index (χ1n) is 10.2. The average molecular weight is 456 g/mol. The minimum absolute atomic E-state index is 0.174. The maximum absolute atomic E-state index is 12.5. The van der Waals surface area contributed by atoms with Crippen LogP contribution in [0.25, 0.3) is 17.0 Å². The molecule has 32 heavy (non-hydrogen) atoms. The number of benzene rings is 2. The number of ketones is 1. The van der Waals surface area contributed by atoms with Crippen LogP contribution >= 0.6 is 0 Å². The Labute approximate surface area is 187 Å². The minimum atomic E-state index is -3.54. The molecule has 0 bridgehead atoms. The van der Waals surface area contributed by atoms with Crippen LogP contribution in [0.5, 0.6) is 0 Å². The first-order chi connectivity index (χ1) is 15.3. The van der Waals surface area contributed by atoms with E-state index in [0.717, 1.165) is 5.39 Å². The third-order valence-electron chi connectivity index (χ3n) is 5.08. The summed E-state index contributed by atoms with van der Waals surface area (Å²) >= 11 is 0. The smallest absolute Gasteiger partial charge is 0.331 e. The maximum atomic E-state index is 12.5. The third kappa shape index (κ3) is 4.98. The highest BCUT2D eigenvalue weighted by atomic mass is 32.2. The van der Waals surface area contributed by atoms with Crippen LogP contribution in [-0.4, -0.2) is 44.2 Å². The van der Waals surface area contributed by atoms with Crippen LogP contribution in [-0.2, 0) is 19.6 Å². The number of para-hydroxylation sites is 1. The molecule has 8 heteroatoms. The lowest BCUT2D eigenvalue weighted by atomic mass is 10.1. The van der Waals surface area contributed by atoms with Crippen LogP contribution in [0.3, 0.4) is 0 Å². The molecule has 7 nitrogen and oxygen atoms in total. The molecule has 3 rings (SSSR count). The topological polar surface area (TPSA) is 93.9 Å². The van der Waals surface area contributed by atoms with Gasteiger partial charge >= 0.3 is 5.97 Å². The maximum Gasteiger partial charge on any atom is 0.331 e. The Morgan fingerprint density at radius 2 is 1.69 bits per heavy atom. The van der Waals surface area contributed by atoms with Crippen LogP contribution in [0, 0.1) is 6.92 Å². The van der Waals surface area contributed by atoms with Gasteiger partial charge in [0.2, 0.25) is 15.8 Å². The lowest BCUT2D eigenvalue weighted by Crippen LogP contribution is -2.30. The van der Waals surface area contributed by atoms with Crippen molar-refractivity contribution in [2.75, 3.05) is 19.7 Å². The van der Waals surface area contributed by atoms with Crippen molar-refractivity contribution in [3.8, 4) is 0 Å². The zero-order valence-electron chi connectivity index (χ0n) is 18.2. The number of esters is 1. The minimum Gasteiger partial charge on any atom is -0.454 e. The lowest BCUT2D eigenvalue weighted by molar-refractivity contribution is -0.136. The summed E-state index contributed by atoms with van der Waals surface area (Å²) in [6.45, 7) is 5.68. The predicted molar refractivity (Wildman–Crippen MR) is 122 cm³/mol. The van der Waals surface area contributed by atoms with Gasteiger partial charge in [0, 0.05) is 30.1 Å². The van der Waals surface area contributed by atoms with Gasteiger partial charge in [0.25, 0.3) is 0 Å². The number of sulfonamides is 1. The van der Waals surface area contributed by atoms with Gasteiger partial charge in [0.1, 0.15) is 5.58 Å². The Kier molecular flexibility index (Phi) is 7.27. The number of hydrogen-bond donors (Lipinski definition) is 0. The molecule has 2 aromatic carbocycles. The average Bonchev–Trinajstić information content (AvgIpc) is 3.13. The van der Waals surface area contributed by atoms with Gasteiger partial charge in [-0.1, -0.05) is 44.2 Å². The van der Waals surface area contributed by atoms with Crippen molar-refractivity contribution in [3.63, 3.8) is 0 Å². The summed E-state index contributed by atoms with van der Waals surface area (Å²) in [4.78, 5) is 24.6. The standard InChI is InChI=1S/C24H25NO6S/c1-4-25(5-2)32(28,29)19-13-10-18(11-14-19)12-15-23(27)30-16-21(26)24-17(3)20-8-6-7-9-22(20)31-24/h6-15H,4-5,16H2,1-3H3/b15-12+. The first-order valence-corrected chi connectivity index (χ1v) is 11.7. The normalized spacial score (nSPS) is 12.0. The number of ether oxygens (including phenoxy) is 1. The number of carbonyl (C=O) groups is 2. The molecule has 0 N–H and O–H groups in total. The number of furan rings is 1. The Hall–Kier alpha value is -3.23. The zero-order chi connectivity index (χ0) is 23.3. The van der Waals surface area contributed by atoms with Crippen molar-refractivity contribution in [1.29, 1.82) is 0 Å². The fourth-order valence-corrected chi connectivity index (χ4v) is 4.78. The van der Waals surface area contributed by atoms with Crippen LogP contribution in [0.2, 0.25) is 0 Å². The molecule has 0 aliphatic heterocycles. The van der Waals surface area contributed by atoms with Crippen LogP contribution < -0.4 is 0 Å². The molecule has 168 valence electrons. The summed E-state index contributed by atoms with van der Waals surface area (Å²) in [5, 5.41) is 0.841. The van der Waals surface area contributed by atoms with Crippen molar-refractivity contribution in [2.45, 2.75) is 25.7 Å². The molecule has 0 fully saturated rings. The Morgan fingerprint density at radius 1 is 1.03 bits per heavy atom. The van der Waals surface area contributed by atoms with E-state index in [0.29, 0.717) is 29.8 Å². The molecule has 1 heterocycles. The highest BCUT2D eigenvalue weighted by Gasteiger charge is 2.21. The molecule has 0 spiro atoms. The largest absolute Gasteiger partial charge is 0.454 e. The fraction of sp³-hybridized carbons (Fsp3) is 0.250. The monoisotopic (exact) mass is 455 g/mol. The second-order valence-corrected chi connectivity index (χ2v) is 9.01. The number of rotatable bonds is 9. The van der Waals surface area contributed by atoms with Crippen LogP contribution in [0.4, 0.5) is 0 Å². The molecule has 3 aromatic rings. The van der Waals surface area contributed by atoms with Crippen molar-refractivity contribution in [2.24, 2.45) is 0 Å². The molecule has 1 aromatic heterocycles. The molecule has 0 saturated heterocycles. The summed E-state index contributed by atoms with van der Waals surface area (Å²) in [7, 11) is -3.54. The zero-order valence-corrected chi connectivity index (χ0v) is 19.0. The molecule has 0 amide bonds. The van der Waals surface area contributed by atoms with Crippen molar-refractivity contribution < 1.29 is 27.2 Å². The Balaban J connectivity index is 1.60. The Bertz CT molecular complexity index is 1250. The quantitative estimate of drug-likeness (QED) is 0.273. The van der Waals surface area contributed by atoms with Gasteiger partial charge in [-0.3, -0.25) is 4.79 Å². The van der Waals surface area contributed by atoms with Crippen molar-refractivity contribution in [1.82, 2.24) is 4.31 Å². The molecule has 0 radical (unpaired) electrons. The summed E-state index contributed by atoms with van der Waals surface area (Å²) in [6.07, 6.45) is 2.68. The van der Waals surface area contributed by atoms with Crippen molar-refractivity contribution in [3.05, 3.63) is 71.5 Å². The van der Waals surface area contributed by atoms with Gasteiger partial charge in [-0.25, -0.2) is 13.2 Å². The highest BCUT2D eigenvalue weighted by molar-refractivity contribution is 7.89. The van der Waals surface area contributed by atoms with E-state index in [-0.39, 0.29) is 10.7 Å². The van der Waals surface area contributed by atoms with E-state index < -0.39 is 28.4 Å². The molecule has 0 saturated carbocycles. The summed E-state index contributed by atoms with van der Waals surface area (Å²) in [5.41, 5.74) is 1.93. The summed E-state index contributed by atoms with van der Waals surface area (Å²) in [6, 6.07) is 13.5. The molecule has 0 aliphatic carbocycles. The number of aryl methyl sites for hydroxylation is 1. The Morgan fingerprint density at radius 3 is 2.31 bits per heavy atom. The number of hydrogen-bond acceptors (Lipinski definition) is 6. The van der Waals surface area contributed by atoms with E-state index in [1.54, 1.807) is 39.0 Å². The van der Waals surface area contributed by atoms with E-state index in [1.165, 1.54) is 28.6 Å². The van der Waals surface area contributed by atoms with E-state index >= 15 is 0 Å².